The summed E-state index contributed by atoms with van der Waals surface area (Å²) in [6.07, 6.45) is 1.86. The van der Waals surface area contributed by atoms with E-state index in [1.54, 1.807) is 36.3 Å². The van der Waals surface area contributed by atoms with Crippen LogP contribution in [0.25, 0.3) is 6.08 Å². The number of hydrogen-bond acceptors (Lipinski definition) is 4. The second-order valence-corrected chi connectivity index (χ2v) is 8.55. The van der Waals surface area contributed by atoms with Crippen LogP contribution in [0.5, 0.6) is 0 Å². The molecule has 0 bridgehead atoms. The number of nitrogens with zero attached hydrogens (tertiary/aromatic N) is 1. The molecule has 0 radical (unpaired) electrons. The molecule has 3 aromatic carbocycles. The summed E-state index contributed by atoms with van der Waals surface area (Å²) in [6.45, 7) is 1.06. The topological polar surface area (TPSA) is 58.6 Å². The van der Waals surface area contributed by atoms with Gasteiger partial charge in [-0.3, -0.25) is 9.59 Å². The van der Waals surface area contributed by atoms with Crippen LogP contribution < -0.4 is 10.2 Å². The van der Waals surface area contributed by atoms with Gasteiger partial charge in [-0.15, -0.1) is 0 Å². The van der Waals surface area contributed by atoms with Gasteiger partial charge in [0.25, 0.3) is 11.8 Å². The molecule has 0 spiro atoms. The summed E-state index contributed by atoms with van der Waals surface area (Å²) < 4.78 is 18.4. The van der Waals surface area contributed by atoms with Crippen LogP contribution in [-0.2, 0) is 16.1 Å². The lowest BCUT2D eigenvalue weighted by Crippen LogP contribution is -2.34. The Morgan fingerprint density at radius 1 is 1.09 bits per heavy atom. The summed E-state index contributed by atoms with van der Waals surface area (Å²) in [5.74, 6) is -0.739. The third-order valence-electron chi connectivity index (χ3n) is 5.13. The van der Waals surface area contributed by atoms with Gasteiger partial charge in [-0.05, 0) is 47.5 Å². The summed E-state index contributed by atoms with van der Waals surface area (Å²) in [4.78, 5) is 29.1. The largest absolute Gasteiger partial charge is 0.383 e. The highest BCUT2D eigenvalue weighted by atomic mass is 32.2. The molecule has 5 nitrogen and oxygen atoms in total. The average molecular weight is 463 g/mol. The number of hydrogen-bond donors (Lipinski definition) is 1. The van der Waals surface area contributed by atoms with Crippen molar-refractivity contribution in [1.29, 1.82) is 0 Å². The second kappa shape index (κ2) is 10.5. The van der Waals surface area contributed by atoms with E-state index in [1.165, 1.54) is 23.9 Å². The number of nitrogens with one attached hydrogen (secondary N) is 1. The molecule has 4 rings (SSSR count). The Morgan fingerprint density at radius 2 is 1.85 bits per heavy atom. The molecule has 0 saturated carbocycles. The van der Waals surface area contributed by atoms with Crippen LogP contribution in [-0.4, -0.2) is 32.1 Å². The van der Waals surface area contributed by atoms with Gasteiger partial charge in [0, 0.05) is 24.1 Å². The molecule has 0 aromatic heterocycles. The third kappa shape index (κ3) is 5.50. The fourth-order valence-electron chi connectivity index (χ4n) is 3.45. The molecule has 7 heteroatoms. The predicted octanol–water partition coefficient (Wildman–Crippen LogP) is 4.88. The Morgan fingerprint density at radius 3 is 2.58 bits per heavy atom. The first-order valence-electron chi connectivity index (χ1n) is 10.5. The van der Waals surface area contributed by atoms with Crippen molar-refractivity contribution in [3.8, 4) is 0 Å². The van der Waals surface area contributed by atoms with Gasteiger partial charge in [-0.1, -0.05) is 54.2 Å². The van der Waals surface area contributed by atoms with Crippen molar-refractivity contribution < 1.29 is 18.7 Å². The van der Waals surface area contributed by atoms with Gasteiger partial charge in [0.05, 0.1) is 23.7 Å². The number of carbonyl (C=O) groups excluding carboxylic acids is 2. The van der Waals surface area contributed by atoms with Crippen molar-refractivity contribution in [2.45, 2.75) is 11.4 Å². The normalized spacial score (nSPS) is 14.3. The van der Waals surface area contributed by atoms with Crippen molar-refractivity contribution in [1.82, 2.24) is 5.32 Å². The molecule has 1 N–H and O–H groups in total. The van der Waals surface area contributed by atoms with Crippen molar-refractivity contribution in [3.63, 3.8) is 0 Å². The molecule has 0 atom stereocenters. The molecule has 0 saturated heterocycles. The third-order valence-corrected chi connectivity index (χ3v) is 6.21. The number of rotatable bonds is 7. The molecule has 0 unspecified atom stereocenters. The Bertz CT molecular complexity index is 1180. The maximum atomic E-state index is 13.5. The van der Waals surface area contributed by atoms with Crippen molar-refractivity contribution >= 4 is 35.3 Å². The maximum Gasteiger partial charge on any atom is 0.265 e. The molecule has 1 aliphatic rings. The zero-order valence-electron chi connectivity index (χ0n) is 18.1. The van der Waals surface area contributed by atoms with Crippen LogP contribution in [0.4, 0.5) is 10.1 Å². The van der Waals surface area contributed by atoms with E-state index < -0.39 is 0 Å². The predicted molar refractivity (Wildman–Crippen MR) is 129 cm³/mol. The van der Waals surface area contributed by atoms with Gasteiger partial charge in [0.2, 0.25) is 0 Å². The minimum atomic E-state index is -0.334. The van der Waals surface area contributed by atoms with Crippen LogP contribution in [0.3, 0.4) is 0 Å². The number of methoxy groups -OCH3 is 1. The lowest BCUT2D eigenvalue weighted by atomic mass is 10.1. The number of anilines is 1. The Hall–Kier alpha value is -3.42. The quantitative estimate of drug-likeness (QED) is 0.402. The number of amides is 2. The second-order valence-electron chi connectivity index (χ2n) is 7.47. The number of carbonyl (C=O) groups is 2. The smallest absolute Gasteiger partial charge is 0.265 e. The summed E-state index contributed by atoms with van der Waals surface area (Å²) in [5, 5.41) is 2.80. The molecule has 2 amide bonds. The van der Waals surface area contributed by atoms with Crippen molar-refractivity contribution in [3.05, 3.63) is 100 Å². The van der Waals surface area contributed by atoms with Crippen LogP contribution in [0.2, 0.25) is 0 Å². The fourth-order valence-corrected chi connectivity index (χ4v) is 4.49. The van der Waals surface area contributed by atoms with E-state index in [9.17, 15) is 14.0 Å². The van der Waals surface area contributed by atoms with E-state index in [0.717, 1.165) is 16.0 Å². The zero-order chi connectivity index (χ0) is 23.2. The summed E-state index contributed by atoms with van der Waals surface area (Å²) >= 11 is 1.38. The van der Waals surface area contributed by atoms with Gasteiger partial charge < -0.3 is 15.0 Å². The fraction of sp³-hybridized carbons (Fsp3) is 0.154. The van der Waals surface area contributed by atoms with Gasteiger partial charge in [0.15, 0.2) is 0 Å². The zero-order valence-corrected chi connectivity index (χ0v) is 18.9. The molecule has 3 aromatic rings. The van der Waals surface area contributed by atoms with E-state index in [0.29, 0.717) is 29.3 Å². The van der Waals surface area contributed by atoms with Gasteiger partial charge >= 0.3 is 0 Å². The average Bonchev–Trinajstić information content (AvgIpc) is 2.83. The van der Waals surface area contributed by atoms with Crippen LogP contribution in [0.15, 0.2) is 82.6 Å². The Balaban J connectivity index is 1.70. The molecule has 1 aliphatic heterocycles. The lowest BCUT2D eigenvalue weighted by Gasteiger charge is -2.31. The van der Waals surface area contributed by atoms with E-state index >= 15 is 0 Å². The van der Waals surface area contributed by atoms with E-state index in [-0.39, 0.29) is 24.2 Å². The number of benzene rings is 3. The highest BCUT2D eigenvalue weighted by molar-refractivity contribution is 8.04. The molecule has 33 heavy (non-hydrogen) atoms. The lowest BCUT2D eigenvalue weighted by molar-refractivity contribution is -0.114. The first-order chi connectivity index (χ1) is 16.0. The minimum absolute atomic E-state index is 0.169. The van der Waals surface area contributed by atoms with Crippen LogP contribution >= 0.6 is 11.8 Å². The van der Waals surface area contributed by atoms with Gasteiger partial charge in [-0.2, -0.15) is 0 Å². The molecule has 1 heterocycles. The first-order valence-corrected chi connectivity index (χ1v) is 11.3. The maximum absolute atomic E-state index is 13.5. The van der Waals surface area contributed by atoms with Crippen LogP contribution in [0.1, 0.15) is 21.5 Å². The molecular weight excluding hydrogens is 439 g/mol. The SMILES string of the molecule is COCCNC(=O)c1ccc2c(c1)N(Cc1ccc(F)cc1)C(=O)C(=Cc1ccccc1)S2. The van der Waals surface area contributed by atoms with Crippen molar-refractivity contribution in [2.24, 2.45) is 0 Å². The van der Waals surface area contributed by atoms with Crippen LogP contribution in [0, 0.1) is 5.82 Å². The molecular formula is C26H23FN2O3S. The number of ether oxygens (including phenoxy) is 1. The highest BCUT2D eigenvalue weighted by Crippen LogP contribution is 2.43. The standard InChI is InChI=1S/C26H23FN2O3S/c1-32-14-13-28-25(30)20-9-12-23-22(16-20)29(17-19-7-10-21(27)11-8-19)26(31)24(33-23)15-18-5-3-2-4-6-18/h2-12,15-16H,13-14,17H2,1H3,(H,28,30). The minimum Gasteiger partial charge on any atom is -0.383 e. The van der Waals surface area contributed by atoms with E-state index in [2.05, 4.69) is 5.32 Å². The molecule has 0 aliphatic carbocycles. The van der Waals surface area contributed by atoms with Gasteiger partial charge in [0.1, 0.15) is 5.82 Å². The van der Waals surface area contributed by atoms with Crippen molar-refractivity contribution in [2.75, 3.05) is 25.2 Å². The Labute approximate surface area is 196 Å². The van der Waals surface area contributed by atoms with Gasteiger partial charge in [-0.25, -0.2) is 4.39 Å². The molecule has 168 valence electrons. The Kier molecular flexibility index (Phi) is 7.22. The summed E-state index contributed by atoms with van der Waals surface area (Å²) in [7, 11) is 1.57. The number of halogens is 1. The first kappa shape index (κ1) is 22.8. The monoisotopic (exact) mass is 462 g/mol. The number of fused-ring (bicyclic) bond motifs is 1. The highest BCUT2D eigenvalue weighted by Gasteiger charge is 2.30. The summed E-state index contributed by atoms with van der Waals surface area (Å²) in [5.41, 5.74) is 2.82. The molecule has 0 fully saturated rings. The number of thioether (sulfide) groups is 1. The van der Waals surface area contributed by atoms with E-state index in [4.69, 9.17) is 4.74 Å². The summed E-state index contributed by atoms with van der Waals surface area (Å²) in [6, 6.07) is 21.0. The van der Waals surface area contributed by atoms with E-state index in [1.807, 2.05) is 42.5 Å².